The van der Waals surface area contributed by atoms with Crippen molar-refractivity contribution in [1.29, 1.82) is 0 Å². The van der Waals surface area contributed by atoms with Gasteiger partial charge in [0, 0.05) is 30.0 Å². The van der Waals surface area contributed by atoms with Crippen LogP contribution in [0.5, 0.6) is 23.0 Å². The van der Waals surface area contributed by atoms with Crippen LogP contribution in [0, 0.1) is 0 Å². The van der Waals surface area contributed by atoms with Crippen molar-refractivity contribution in [3.8, 4) is 23.0 Å². The van der Waals surface area contributed by atoms with Crippen molar-refractivity contribution in [2.75, 3.05) is 13.7 Å². The Morgan fingerprint density at radius 1 is 1.06 bits per heavy atom. The number of carbonyl (C=O) groups is 2. The van der Waals surface area contributed by atoms with Crippen LogP contribution in [0.25, 0.3) is 0 Å². The lowest BCUT2D eigenvalue weighted by Gasteiger charge is -2.34. The second-order valence-corrected chi connectivity index (χ2v) is 9.94. The first-order valence-corrected chi connectivity index (χ1v) is 12.6. The molecule has 35 heavy (non-hydrogen) atoms. The molecule has 0 saturated carbocycles. The number of Topliss-reactive ketones (excluding diaryl/α,β-unsaturated/α-hetero) is 1. The zero-order valence-electron chi connectivity index (χ0n) is 20.3. The number of phenolic OH excluding ortho intramolecular Hbond substituents is 1. The number of allylic oxidation sites excluding steroid dienone is 2. The number of ether oxygens (including phenoxy) is 3. The van der Waals surface area contributed by atoms with Crippen molar-refractivity contribution >= 4 is 27.6 Å². The van der Waals surface area contributed by atoms with E-state index in [0.717, 1.165) is 11.1 Å². The first-order chi connectivity index (χ1) is 16.7. The van der Waals surface area contributed by atoms with Gasteiger partial charge in [0.1, 0.15) is 0 Å². The molecule has 1 amide bonds. The number of benzene rings is 2. The highest BCUT2D eigenvalue weighted by Gasteiger charge is 2.39. The zero-order valence-corrected chi connectivity index (χ0v) is 21.9. The summed E-state index contributed by atoms with van der Waals surface area (Å²) in [6.45, 7) is 6.12. The molecule has 8 heteroatoms. The van der Waals surface area contributed by atoms with E-state index in [2.05, 4.69) is 21.2 Å². The second-order valence-electron chi connectivity index (χ2n) is 9.08. The molecular weight excluding hydrogens is 514 g/mol. The van der Waals surface area contributed by atoms with Crippen LogP contribution in [-0.2, 0) is 9.59 Å². The summed E-state index contributed by atoms with van der Waals surface area (Å²) in [7, 11) is 1.59. The molecule has 1 heterocycles. The highest BCUT2D eigenvalue weighted by atomic mass is 79.9. The van der Waals surface area contributed by atoms with Gasteiger partial charge in [0.25, 0.3) is 0 Å². The van der Waals surface area contributed by atoms with Crippen molar-refractivity contribution in [2.45, 2.75) is 58.0 Å². The third-order valence-corrected chi connectivity index (χ3v) is 6.92. The third-order valence-electron chi connectivity index (χ3n) is 6.31. The van der Waals surface area contributed by atoms with Crippen LogP contribution in [0.2, 0.25) is 0 Å². The summed E-state index contributed by atoms with van der Waals surface area (Å²) in [4.78, 5) is 26.2. The third kappa shape index (κ3) is 5.17. The maximum atomic E-state index is 13.5. The summed E-state index contributed by atoms with van der Waals surface area (Å²) in [6.07, 6.45) is 1.04. The number of aromatic hydroxyl groups is 1. The molecule has 2 aromatic rings. The van der Waals surface area contributed by atoms with Crippen molar-refractivity contribution in [3.05, 3.63) is 57.2 Å². The van der Waals surface area contributed by atoms with E-state index in [1.807, 2.05) is 39.0 Å². The van der Waals surface area contributed by atoms with Gasteiger partial charge in [-0.1, -0.05) is 6.07 Å². The quantitative estimate of drug-likeness (QED) is 0.488. The number of rotatable bonds is 7. The maximum absolute atomic E-state index is 13.5. The predicted octanol–water partition coefficient (Wildman–Crippen LogP) is 5.35. The van der Waals surface area contributed by atoms with Crippen molar-refractivity contribution < 1.29 is 28.9 Å². The van der Waals surface area contributed by atoms with E-state index >= 15 is 0 Å². The van der Waals surface area contributed by atoms with Crippen LogP contribution in [0.1, 0.15) is 63.0 Å². The number of phenols is 1. The number of amides is 1. The number of halogens is 1. The van der Waals surface area contributed by atoms with E-state index in [-0.39, 0.29) is 35.9 Å². The van der Waals surface area contributed by atoms with E-state index < -0.39 is 5.92 Å². The van der Waals surface area contributed by atoms with Gasteiger partial charge < -0.3 is 24.6 Å². The Labute approximate surface area is 213 Å². The molecule has 0 saturated heterocycles. The van der Waals surface area contributed by atoms with Gasteiger partial charge in [0.2, 0.25) is 5.91 Å². The van der Waals surface area contributed by atoms with Crippen molar-refractivity contribution in [3.63, 3.8) is 0 Å². The number of hydrogen-bond donors (Lipinski definition) is 2. The Bertz CT molecular complexity index is 1190. The molecule has 1 aliphatic heterocycles. The monoisotopic (exact) mass is 543 g/mol. The van der Waals surface area contributed by atoms with Crippen molar-refractivity contribution in [1.82, 2.24) is 5.32 Å². The Kier molecular flexibility index (Phi) is 7.40. The maximum Gasteiger partial charge on any atom is 0.225 e. The molecule has 2 atom stereocenters. The van der Waals surface area contributed by atoms with Crippen LogP contribution >= 0.6 is 15.9 Å². The molecule has 2 aliphatic rings. The van der Waals surface area contributed by atoms with Crippen LogP contribution in [0.4, 0.5) is 0 Å². The normalized spacial score (nSPS) is 19.9. The molecule has 0 bridgehead atoms. The molecule has 186 valence electrons. The smallest absolute Gasteiger partial charge is 0.225 e. The number of nitrogens with one attached hydrogen (secondary N) is 1. The minimum absolute atomic E-state index is 0.000982. The number of carbonyl (C=O) groups excluding carboxylic acids is 2. The number of methoxy groups -OCH3 is 1. The summed E-state index contributed by atoms with van der Waals surface area (Å²) in [5.74, 6) is 0.967. The average molecular weight is 544 g/mol. The van der Waals surface area contributed by atoms with Gasteiger partial charge >= 0.3 is 0 Å². The molecule has 2 unspecified atom stereocenters. The lowest BCUT2D eigenvalue weighted by Crippen LogP contribution is -2.38. The Balaban J connectivity index is 1.69. The van der Waals surface area contributed by atoms with E-state index in [4.69, 9.17) is 14.2 Å². The number of ketones is 1. The minimum Gasteiger partial charge on any atom is -0.503 e. The SMILES string of the molecule is CCOc1cc(C2CC(=O)NC3=C2C(=O)CC(c2ccc(OC(C)C)c(OC)c2)C3)cc(Br)c1O. The first-order valence-electron chi connectivity index (χ1n) is 11.8. The minimum atomic E-state index is -0.403. The van der Waals surface area contributed by atoms with Gasteiger partial charge in [0.05, 0.1) is 24.3 Å². The highest BCUT2D eigenvalue weighted by Crippen LogP contribution is 2.46. The molecular formula is C27H30BrNO6. The van der Waals surface area contributed by atoms with Crippen LogP contribution in [0.15, 0.2) is 46.1 Å². The molecule has 0 radical (unpaired) electrons. The molecule has 0 aromatic heterocycles. The zero-order chi connectivity index (χ0) is 25.3. The lowest BCUT2D eigenvalue weighted by atomic mass is 9.73. The fourth-order valence-corrected chi connectivity index (χ4v) is 5.29. The van der Waals surface area contributed by atoms with Gasteiger partial charge in [-0.05, 0) is 84.4 Å². The van der Waals surface area contributed by atoms with E-state index in [0.29, 0.717) is 52.4 Å². The topological polar surface area (TPSA) is 94.1 Å². The summed E-state index contributed by atoms with van der Waals surface area (Å²) in [5, 5.41) is 13.3. The van der Waals surface area contributed by atoms with Crippen molar-refractivity contribution in [2.24, 2.45) is 0 Å². The fraction of sp³-hybridized carbons (Fsp3) is 0.407. The van der Waals surface area contributed by atoms with Crippen LogP contribution in [0.3, 0.4) is 0 Å². The molecule has 2 N–H and O–H groups in total. The Morgan fingerprint density at radius 2 is 1.80 bits per heavy atom. The molecule has 7 nitrogen and oxygen atoms in total. The first kappa shape index (κ1) is 25.1. The summed E-state index contributed by atoms with van der Waals surface area (Å²) in [6, 6.07) is 9.21. The summed E-state index contributed by atoms with van der Waals surface area (Å²) >= 11 is 3.37. The van der Waals surface area contributed by atoms with Gasteiger partial charge in [-0.3, -0.25) is 9.59 Å². The van der Waals surface area contributed by atoms with E-state index in [1.165, 1.54) is 0 Å². The Morgan fingerprint density at radius 3 is 2.49 bits per heavy atom. The van der Waals surface area contributed by atoms with Gasteiger partial charge in [0.15, 0.2) is 28.8 Å². The molecule has 0 fully saturated rings. The van der Waals surface area contributed by atoms with E-state index in [1.54, 1.807) is 19.2 Å². The largest absolute Gasteiger partial charge is 0.503 e. The van der Waals surface area contributed by atoms with Crippen LogP contribution in [-0.4, -0.2) is 36.6 Å². The Hall–Kier alpha value is -3.00. The second kappa shape index (κ2) is 10.3. The lowest BCUT2D eigenvalue weighted by molar-refractivity contribution is -0.122. The highest BCUT2D eigenvalue weighted by molar-refractivity contribution is 9.10. The van der Waals surface area contributed by atoms with Gasteiger partial charge in [-0.15, -0.1) is 0 Å². The van der Waals surface area contributed by atoms with Gasteiger partial charge in [-0.2, -0.15) is 0 Å². The standard InChI is InChI=1S/C27H30BrNO6/c1-5-34-24-12-17(8-19(28)27(24)32)18-13-25(31)29-20-9-16(10-21(30)26(18)20)15-6-7-22(35-14(2)3)23(11-15)33-4/h6-8,11-12,14,16,18,32H,5,9-10,13H2,1-4H3,(H,29,31). The van der Waals surface area contributed by atoms with Gasteiger partial charge in [-0.25, -0.2) is 0 Å². The van der Waals surface area contributed by atoms with Crippen LogP contribution < -0.4 is 19.5 Å². The van der Waals surface area contributed by atoms with E-state index in [9.17, 15) is 14.7 Å². The average Bonchev–Trinajstić information content (AvgIpc) is 2.81. The summed E-state index contributed by atoms with van der Waals surface area (Å²) in [5.41, 5.74) is 3.01. The predicted molar refractivity (Wildman–Crippen MR) is 135 cm³/mol. The summed E-state index contributed by atoms with van der Waals surface area (Å²) < 4.78 is 17.4. The molecule has 2 aromatic carbocycles. The number of hydrogen-bond acceptors (Lipinski definition) is 6. The molecule has 4 rings (SSSR count). The molecule has 1 aliphatic carbocycles. The molecule has 0 spiro atoms. The fourth-order valence-electron chi connectivity index (χ4n) is 4.83.